The van der Waals surface area contributed by atoms with Crippen molar-refractivity contribution in [3.8, 4) is 22.4 Å². The van der Waals surface area contributed by atoms with Crippen LogP contribution in [-0.4, -0.2) is 64.8 Å². The Hall–Kier alpha value is -7.93. The first-order valence-corrected chi connectivity index (χ1v) is 19.1. The third kappa shape index (κ3) is 22.6. The Morgan fingerprint density at radius 2 is 0.902 bits per heavy atom. The molecule has 9 aromatic rings. The summed E-state index contributed by atoms with van der Waals surface area (Å²) in [6.07, 6.45) is 23.6. The monoisotopic (exact) mass is 809 g/mol. The summed E-state index contributed by atoms with van der Waals surface area (Å²) in [6, 6.07) is 32.4. The molecule has 0 spiro atoms. The van der Waals surface area contributed by atoms with E-state index in [1.807, 2.05) is 115 Å². The number of aryl methyl sites for hydroxylation is 7. The van der Waals surface area contributed by atoms with Crippen molar-refractivity contribution in [1.82, 2.24) is 64.8 Å². The molecule has 7 aromatic heterocycles. The summed E-state index contributed by atoms with van der Waals surface area (Å²) in [5, 5.41) is 0. The zero-order valence-corrected chi connectivity index (χ0v) is 35.6. The summed E-state index contributed by atoms with van der Waals surface area (Å²) in [7, 11) is 0. The van der Waals surface area contributed by atoms with Gasteiger partial charge in [0.2, 0.25) is 0 Å². The van der Waals surface area contributed by atoms with Crippen molar-refractivity contribution in [2.45, 2.75) is 48.5 Å². The Balaban J connectivity index is 0.000000194. The van der Waals surface area contributed by atoms with E-state index in [1.165, 1.54) is 47.6 Å². The summed E-state index contributed by atoms with van der Waals surface area (Å²) in [6.45, 7) is 13.5. The van der Waals surface area contributed by atoms with Crippen LogP contribution in [0.15, 0.2) is 184 Å². The lowest BCUT2D eigenvalue weighted by Crippen LogP contribution is -1.84. The fourth-order valence-corrected chi connectivity index (χ4v) is 4.29. The van der Waals surface area contributed by atoms with E-state index in [0.29, 0.717) is 0 Å². The van der Waals surface area contributed by atoms with Gasteiger partial charge in [0.25, 0.3) is 0 Å². The molecule has 0 bridgehead atoms. The van der Waals surface area contributed by atoms with Crippen molar-refractivity contribution in [2.24, 2.45) is 0 Å². The average molecular weight is 810 g/mol. The van der Waals surface area contributed by atoms with Crippen molar-refractivity contribution in [3.05, 3.63) is 224 Å². The van der Waals surface area contributed by atoms with Gasteiger partial charge in [-0.1, -0.05) is 72.8 Å². The molecule has 9 rings (SSSR count). The normalized spacial score (nSPS) is 9.23. The van der Waals surface area contributed by atoms with Gasteiger partial charge in [-0.3, -0.25) is 19.9 Å². The predicted octanol–water partition coefficient (Wildman–Crippen LogP) is 9.43. The summed E-state index contributed by atoms with van der Waals surface area (Å²) in [5.74, 6) is 1.58. The van der Waals surface area contributed by atoms with Crippen molar-refractivity contribution < 1.29 is 0 Å². The number of nitrogens with zero attached hydrogens (tertiary/aromatic N) is 13. The third-order valence-corrected chi connectivity index (χ3v) is 7.43. The second kappa shape index (κ2) is 29.3. The first-order chi connectivity index (χ1) is 29.7. The first kappa shape index (κ1) is 47.4. The summed E-state index contributed by atoms with van der Waals surface area (Å²) in [4.78, 5) is 50.4. The molecule has 7 heterocycles. The smallest absolute Gasteiger partial charge is 0.128 e. The van der Waals surface area contributed by atoms with Crippen molar-refractivity contribution in [3.63, 3.8) is 0 Å². The van der Waals surface area contributed by atoms with Crippen LogP contribution in [0.1, 0.15) is 39.9 Å². The lowest BCUT2D eigenvalue weighted by molar-refractivity contribution is 0.974. The molecule has 0 aliphatic rings. The second-order valence-electron chi connectivity index (χ2n) is 12.7. The Kier molecular flexibility index (Phi) is 22.8. The van der Waals surface area contributed by atoms with Gasteiger partial charge in [-0.05, 0) is 89.4 Å². The molecule has 0 N–H and O–H groups in total. The summed E-state index contributed by atoms with van der Waals surface area (Å²) >= 11 is 0. The molecular weight excluding hydrogens is 759 g/mol. The molecular formula is C48H51N13. The fourth-order valence-electron chi connectivity index (χ4n) is 4.29. The number of aromatic nitrogens is 13. The maximum Gasteiger partial charge on any atom is 0.128 e. The molecule has 308 valence electrons. The van der Waals surface area contributed by atoms with Gasteiger partial charge in [-0.2, -0.15) is 0 Å². The van der Waals surface area contributed by atoms with Gasteiger partial charge in [-0.15, -0.1) is 0 Å². The molecule has 0 atom stereocenters. The lowest BCUT2D eigenvalue weighted by atomic mass is 10.1. The highest BCUT2D eigenvalue weighted by atomic mass is 15.0. The van der Waals surface area contributed by atoms with Gasteiger partial charge in [0.15, 0.2) is 0 Å². The first-order valence-electron chi connectivity index (χ1n) is 19.1. The summed E-state index contributed by atoms with van der Waals surface area (Å²) < 4.78 is 0. The highest BCUT2D eigenvalue weighted by Gasteiger charge is 1.96. The van der Waals surface area contributed by atoms with E-state index in [2.05, 4.69) is 101 Å². The predicted molar refractivity (Wildman–Crippen MR) is 240 cm³/mol. The van der Waals surface area contributed by atoms with E-state index in [-0.39, 0.29) is 0 Å². The molecule has 61 heavy (non-hydrogen) atoms. The molecule has 13 heteroatoms. The number of rotatable bonds is 2. The van der Waals surface area contributed by atoms with Crippen LogP contribution in [-0.2, 0) is 0 Å². The Bertz CT molecular complexity index is 2080. The van der Waals surface area contributed by atoms with E-state index in [1.54, 1.807) is 55.6 Å². The molecule has 0 amide bonds. The minimum absolute atomic E-state index is 0.759. The molecule has 0 aliphatic carbocycles. The Labute approximate surface area is 358 Å². The molecule has 0 unspecified atom stereocenters. The molecule has 0 saturated heterocycles. The maximum atomic E-state index is 4.35. The van der Waals surface area contributed by atoms with Crippen molar-refractivity contribution in [1.29, 1.82) is 0 Å². The van der Waals surface area contributed by atoms with E-state index in [4.69, 9.17) is 0 Å². The minimum atomic E-state index is 0.759. The van der Waals surface area contributed by atoms with Gasteiger partial charge >= 0.3 is 0 Å². The van der Waals surface area contributed by atoms with E-state index < -0.39 is 0 Å². The van der Waals surface area contributed by atoms with E-state index >= 15 is 0 Å². The largest absolute Gasteiger partial charge is 0.261 e. The zero-order chi connectivity index (χ0) is 43.8. The second-order valence-corrected chi connectivity index (χ2v) is 12.7. The van der Waals surface area contributed by atoms with Gasteiger partial charge in [-0.25, -0.2) is 44.9 Å². The Morgan fingerprint density at radius 1 is 0.279 bits per heavy atom. The maximum absolute atomic E-state index is 4.35. The average Bonchev–Trinajstić information content (AvgIpc) is 3.30. The summed E-state index contributed by atoms with van der Waals surface area (Å²) in [5.41, 5.74) is 9.91. The number of hydrogen-bond acceptors (Lipinski definition) is 13. The highest BCUT2D eigenvalue weighted by molar-refractivity contribution is 5.62. The molecule has 2 aromatic carbocycles. The van der Waals surface area contributed by atoms with Crippen LogP contribution in [0.4, 0.5) is 0 Å². The quantitative estimate of drug-likeness (QED) is 0.162. The number of pyridine rings is 2. The molecule has 0 fully saturated rings. The fraction of sp³-hybridized carbons (Fsp3) is 0.146. The van der Waals surface area contributed by atoms with Crippen molar-refractivity contribution >= 4 is 0 Å². The van der Waals surface area contributed by atoms with Gasteiger partial charge in [0.1, 0.15) is 37.0 Å². The molecule has 0 radical (unpaired) electrons. The highest BCUT2D eigenvalue weighted by Crippen LogP contribution is 2.17. The number of benzene rings is 2. The van der Waals surface area contributed by atoms with Crippen LogP contribution in [0, 0.1) is 48.5 Å². The van der Waals surface area contributed by atoms with E-state index in [0.717, 1.165) is 40.0 Å². The molecule has 13 nitrogen and oxygen atoms in total. The molecule has 0 aliphatic heterocycles. The number of hydrogen-bond donors (Lipinski definition) is 0. The third-order valence-electron chi connectivity index (χ3n) is 7.43. The van der Waals surface area contributed by atoms with Crippen LogP contribution < -0.4 is 0 Å². The van der Waals surface area contributed by atoms with Gasteiger partial charge in [0, 0.05) is 84.5 Å². The van der Waals surface area contributed by atoms with Crippen LogP contribution >= 0.6 is 0 Å². The van der Waals surface area contributed by atoms with Crippen LogP contribution in [0.25, 0.3) is 22.4 Å². The lowest BCUT2D eigenvalue weighted by Gasteiger charge is -2.00. The van der Waals surface area contributed by atoms with Gasteiger partial charge < -0.3 is 0 Å². The molecule has 0 saturated carbocycles. The van der Waals surface area contributed by atoms with E-state index in [9.17, 15) is 0 Å². The van der Waals surface area contributed by atoms with Crippen LogP contribution in [0.3, 0.4) is 0 Å². The topological polar surface area (TPSA) is 168 Å². The van der Waals surface area contributed by atoms with Crippen LogP contribution in [0.5, 0.6) is 0 Å². The van der Waals surface area contributed by atoms with Crippen LogP contribution in [0.2, 0.25) is 0 Å². The zero-order valence-electron chi connectivity index (χ0n) is 35.6. The minimum Gasteiger partial charge on any atom is -0.261 e. The standard InChI is InChI=1S/2C12H11N.4C5H6N2.C4H5N3/c1-10-7-8-12(9-13-10)11-5-3-2-4-6-11;1-10-7-8-12(13-9-10)11-5-3-2-4-6-11;1-5-2-6-4-7-3-5;1-5-4-6-2-3-7-5;1-5-2-3-6-4-7-5;1-5-6-3-2-4-7-5;1-4-6-2-5-3-7-4/h2*2-9H,1H3;4*2-4H,1H3;2-3H,1H3. The van der Waals surface area contributed by atoms with Crippen molar-refractivity contribution in [2.75, 3.05) is 0 Å². The Morgan fingerprint density at radius 3 is 1.30 bits per heavy atom. The SMILES string of the molecule is Cc1ccc(-c2ccccc2)cn1.Cc1ccc(-c2ccccc2)nc1.Cc1ccncn1.Cc1cnccn1.Cc1cncnc1.Cc1ncccn1.Cc1ncncn1. The van der Waals surface area contributed by atoms with Gasteiger partial charge in [0.05, 0.1) is 11.4 Å².